The standard InChI is InChI=1S/C28H37N5O3/c1-5-9-32-10-6-21(7-11-32)23-17-33(24-15-26(30-20(3)34)29-16-22(23)24)27-14-19(2)13-25(31-27)28(35-4)8-12-36-18-28/h13-17,21H,5-12,18H2,1-4H3,(H,29,30,34)/t28-/m0/s1. The molecule has 2 aliphatic rings. The summed E-state index contributed by atoms with van der Waals surface area (Å²) in [4.78, 5) is 24.0. The van der Waals surface area contributed by atoms with Crippen LogP contribution < -0.4 is 5.32 Å². The molecule has 0 aliphatic carbocycles. The van der Waals surface area contributed by atoms with Crippen molar-refractivity contribution in [2.45, 2.75) is 58.0 Å². The summed E-state index contributed by atoms with van der Waals surface area (Å²) < 4.78 is 13.8. The molecule has 0 bridgehead atoms. The van der Waals surface area contributed by atoms with E-state index in [4.69, 9.17) is 14.5 Å². The van der Waals surface area contributed by atoms with Gasteiger partial charge >= 0.3 is 0 Å². The van der Waals surface area contributed by atoms with E-state index in [1.54, 1.807) is 7.11 Å². The van der Waals surface area contributed by atoms with Crippen molar-refractivity contribution in [2.24, 2.45) is 0 Å². The Morgan fingerprint density at radius 1 is 1.28 bits per heavy atom. The third kappa shape index (κ3) is 4.77. The number of nitrogens with zero attached hydrogens (tertiary/aromatic N) is 4. The quantitative estimate of drug-likeness (QED) is 0.523. The third-order valence-corrected chi connectivity index (χ3v) is 7.64. The molecule has 0 spiro atoms. The minimum atomic E-state index is -0.526. The summed E-state index contributed by atoms with van der Waals surface area (Å²) >= 11 is 0. The molecule has 1 atom stereocenters. The number of anilines is 1. The number of aryl methyl sites for hydroxylation is 1. The highest BCUT2D eigenvalue weighted by atomic mass is 16.5. The van der Waals surface area contributed by atoms with Gasteiger partial charge in [-0.25, -0.2) is 9.97 Å². The first-order valence-electron chi connectivity index (χ1n) is 13.1. The summed E-state index contributed by atoms with van der Waals surface area (Å²) in [5.74, 6) is 1.72. The van der Waals surface area contributed by atoms with Crippen LogP contribution in [0.1, 0.15) is 62.3 Å². The van der Waals surface area contributed by atoms with E-state index in [2.05, 4.69) is 51.9 Å². The van der Waals surface area contributed by atoms with Crippen LogP contribution in [0.2, 0.25) is 0 Å². The molecule has 2 aliphatic heterocycles. The number of amides is 1. The zero-order valence-electron chi connectivity index (χ0n) is 21.8. The van der Waals surface area contributed by atoms with Crippen molar-refractivity contribution < 1.29 is 14.3 Å². The molecule has 8 heteroatoms. The number of likely N-dealkylation sites (tertiary alicyclic amines) is 1. The highest BCUT2D eigenvalue weighted by molar-refractivity contribution is 5.92. The maximum atomic E-state index is 11.7. The smallest absolute Gasteiger partial charge is 0.222 e. The average molecular weight is 492 g/mol. The van der Waals surface area contributed by atoms with Crippen LogP contribution in [0.3, 0.4) is 0 Å². The third-order valence-electron chi connectivity index (χ3n) is 7.64. The van der Waals surface area contributed by atoms with E-state index in [1.165, 1.54) is 18.9 Å². The summed E-state index contributed by atoms with van der Waals surface area (Å²) in [5, 5.41) is 3.96. The Bertz CT molecular complexity index is 1240. The molecule has 0 aromatic carbocycles. The van der Waals surface area contributed by atoms with E-state index in [1.807, 2.05) is 12.3 Å². The van der Waals surface area contributed by atoms with E-state index in [0.717, 1.165) is 66.9 Å². The van der Waals surface area contributed by atoms with E-state index in [9.17, 15) is 4.79 Å². The molecule has 5 heterocycles. The van der Waals surface area contributed by atoms with Gasteiger partial charge in [-0.1, -0.05) is 6.92 Å². The minimum Gasteiger partial charge on any atom is -0.378 e. The van der Waals surface area contributed by atoms with Crippen LogP contribution in [0.4, 0.5) is 5.82 Å². The van der Waals surface area contributed by atoms with Gasteiger partial charge in [0.25, 0.3) is 0 Å². The second-order valence-electron chi connectivity index (χ2n) is 10.2. The van der Waals surface area contributed by atoms with Crippen LogP contribution in [0, 0.1) is 6.92 Å². The summed E-state index contributed by atoms with van der Waals surface area (Å²) in [7, 11) is 1.73. The Morgan fingerprint density at radius 2 is 2.08 bits per heavy atom. The zero-order chi connectivity index (χ0) is 25.3. The van der Waals surface area contributed by atoms with Gasteiger partial charge in [0.05, 0.1) is 17.8 Å². The van der Waals surface area contributed by atoms with Crippen LogP contribution in [0.15, 0.2) is 30.6 Å². The van der Waals surface area contributed by atoms with Gasteiger partial charge in [0.1, 0.15) is 17.2 Å². The summed E-state index contributed by atoms with van der Waals surface area (Å²) in [6.07, 6.45) is 8.37. The zero-order valence-corrected chi connectivity index (χ0v) is 21.8. The van der Waals surface area contributed by atoms with E-state index < -0.39 is 5.60 Å². The number of fused-ring (bicyclic) bond motifs is 1. The topological polar surface area (TPSA) is 81.5 Å². The van der Waals surface area contributed by atoms with Crippen molar-refractivity contribution in [1.82, 2.24) is 19.4 Å². The lowest BCUT2D eigenvalue weighted by Crippen LogP contribution is -2.33. The molecule has 192 valence electrons. The molecule has 0 radical (unpaired) electrons. The highest BCUT2D eigenvalue weighted by Gasteiger charge is 2.39. The molecule has 2 saturated heterocycles. The number of aromatic nitrogens is 3. The number of carbonyl (C=O) groups excluding carboxylic acids is 1. The number of nitrogens with one attached hydrogen (secondary N) is 1. The van der Waals surface area contributed by atoms with Crippen molar-refractivity contribution >= 4 is 22.6 Å². The molecule has 36 heavy (non-hydrogen) atoms. The highest BCUT2D eigenvalue weighted by Crippen LogP contribution is 2.38. The van der Waals surface area contributed by atoms with Gasteiger partial charge in [-0.05, 0) is 75.0 Å². The molecule has 5 rings (SSSR count). The van der Waals surface area contributed by atoms with E-state index >= 15 is 0 Å². The predicted octanol–water partition coefficient (Wildman–Crippen LogP) is 4.54. The average Bonchev–Trinajstić information content (AvgIpc) is 3.50. The Labute approximate surface area is 213 Å². The van der Waals surface area contributed by atoms with Gasteiger partial charge in [0, 0.05) is 50.9 Å². The van der Waals surface area contributed by atoms with Crippen molar-refractivity contribution in [3.05, 3.63) is 47.4 Å². The Kier molecular flexibility index (Phi) is 7.10. The number of rotatable bonds is 7. The first kappa shape index (κ1) is 24.9. The SMILES string of the molecule is CCCN1CCC(c2cn(-c3cc(C)cc([C@]4(OC)CCOC4)n3)c3cc(NC(C)=O)ncc23)CC1. The van der Waals surface area contributed by atoms with Crippen LogP contribution in [0.5, 0.6) is 0 Å². The van der Waals surface area contributed by atoms with Gasteiger partial charge < -0.3 is 24.3 Å². The van der Waals surface area contributed by atoms with Gasteiger partial charge in [0.15, 0.2) is 0 Å². The lowest BCUT2D eigenvalue weighted by molar-refractivity contribution is -0.114. The maximum absolute atomic E-state index is 11.7. The van der Waals surface area contributed by atoms with Gasteiger partial charge in [-0.2, -0.15) is 0 Å². The van der Waals surface area contributed by atoms with Crippen molar-refractivity contribution in [1.29, 1.82) is 0 Å². The predicted molar refractivity (Wildman–Crippen MR) is 141 cm³/mol. The van der Waals surface area contributed by atoms with Crippen LogP contribution >= 0.6 is 0 Å². The molecule has 3 aromatic heterocycles. The second kappa shape index (κ2) is 10.3. The molecular weight excluding hydrogens is 454 g/mol. The number of methoxy groups -OCH3 is 1. The van der Waals surface area contributed by atoms with Crippen LogP contribution in [0.25, 0.3) is 16.7 Å². The molecule has 3 aromatic rings. The lowest BCUT2D eigenvalue weighted by Gasteiger charge is -2.31. The fourth-order valence-corrected chi connectivity index (χ4v) is 5.71. The van der Waals surface area contributed by atoms with Gasteiger partial charge in [-0.3, -0.25) is 4.79 Å². The normalized spacial score (nSPS) is 21.3. The largest absolute Gasteiger partial charge is 0.378 e. The molecular formula is C28H37N5O3. The van der Waals surface area contributed by atoms with Gasteiger partial charge in [-0.15, -0.1) is 0 Å². The van der Waals surface area contributed by atoms with E-state index in [-0.39, 0.29) is 5.91 Å². The Morgan fingerprint density at radius 3 is 2.75 bits per heavy atom. The summed E-state index contributed by atoms with van der Waals surface area (Å²) in [6.45, 7) is 10.4. The second-order valence-corrected chi connectivity index (χ2v) is 10.2. The molecule has 0 unspecified atom stereocenters. The summed E-state index contributed by atoms with van der Waals surface area (Å²) in [5.41, 5.74) is 3.79. The minimum absolute atomic E-state index is 0.136. The molecule has 8 nitrogen and oxygen atoms in total. The van der Waals surface area contributed by atoms with Crippen LogP contribution in [-0.2, 0) is 19.9 Å². The van der Waals surface area contributed by atoms with E-state index in [0.29, 0.717) is 24.9 Å². The number of hydrogen-bond donors (Lipinski definition) is 1. The van der Waals surface area contributed by atoms with Crippen molar-refractivity contribution in [2.75, 3.05) is 45.3 Å². The number of pyridine rings is 2. The fraction of sp³-hybridized carbons (Fsp3) is 0.536. The van der Waals surface area contributed by atoms with Crippen molar-refractivity contribution in [3.8, 4) is 5.82 Å². The Hall–Kier alpha value is -2.81. The number of hydrogen-bond acceptors (Lipinski definition) is 6. The summed E-state index contributed by atoms with van der Waals surface area (Å²) in [6, 6.07) is 6.16. The molecule has 1 amide bonds. The first-order valence-corrected chi connectivity index (χ1v) is 13.1. The van der Waals surface area contributed by atoms with Crippen LogP contribution in [-0.4, -0.2) is 65.3 Å². The Balaban J connectivity index is 1.60. The van der Waals surface area contributed by atoms with Gasteiger partial charge in [0.2, 0.25) is 5.91 Å². The number of piperidine rings is 1. The monoisotopic (exact) mass is 491 g/mol. The molecule has 2 fully saturated rings. The number of ether oxygens (including phenoxy) is 2. The van der Waals surface area contributed by atoms with Crippen molar-refractivity contribution in [3.63, 3.8) is 0 Å². The lowest BCUT2D eigenvalue weighted by atomic mass is 9.89. The maximum Gasteiger partial charge on any atom is 0.222 e. The fourth-order valence-electron chi connectivity index (χ4n) is 5.71. The molecule has 0 saturated carbocycles. The molecule has 1 N–H and O–H groups in total. The number of carbonyl (C=O) groups is 1. The first-order chi connectivity index (χ1) is 17.4.